The number of likely N-dealkylation sites (tertiary alicyclic amines) is 1. The highest BCUT2D eigenvalue weighted by atomic mass is 16.6. The molecule has 9 nitrogen and oxygen atoms in total. The van der Waals surface area contributed by atoms with Crippen molar-refractivity contribution in [3.05, 3.63) is 35.4 Å². The highest BCUT2D eigenvalue weighted by Crippen LogP contribution is 2.54. The molecule has 1 aliphatic carbocycles. The number of amides is 2. The number of ether oxygens (including phenoxy) is 2. The third kappa shape index (κ3) is 4.55. The largest absolute Gasteiger partial charge is 0.444 e. The maximum Gasteiger partial charge on any atom is 0.410 e. The van der Waals surface area contributed by atoms with E-state index in [4.69, 9.17) is 26.0 Å². The predicted octanol–water partition coefficient (Wildman–Crippen LogP) is 3.34. The first kappa shape index (κ1) is 23.1. The zero-order chi connectivity index (χ0) is 24.0. The average Bonchev–Trinajstić information content (AvgIpc) is 3.28. The summed E-state index contributed by atoms with van der Waals surface area (Å²) in [5, 5.41) is 4.71. The predicted molar refractivity (Wildman–Crippen MR) is 124 cm³/mol. The normalized spacial score (nSPS) is 22.4. The first-order valence-electron chi connectivity index (χ1n) is 11.3. The molecule has 2 heterocycles. The number of nitrogens with zero attached hydrogens (tertiary/aromatic N) is 3. The van der Waals surface area contributed by atoms with Gasteiger partial charge in [-0.3, -0.25) is 4.79 Å². The number of aromatic nitrogens is 2. The number of hydrogen-bond acceptors (Lipinski definition) is 6. The number of hydrogen-bond donors (Lipinski definition) is 2. The van der Waals surface area contributed by atoms with E-state index in [1.54, 1.807) is 16.7 Å². The minimum atomic E-state index is -0.597. The van der Waals surface area contributed by atoms with E-state index >= 15 is 0 Å². The zero-order valence-corrected chi connectivity index (χ0v) is 19.8. The van der Waals surface area contributed by atoms with Crippen molar-refractivity contribution in [3.63, 3.8) is 0 Å². The third-order valence-corrected chi connectivity index (χ3v) is 6.51. The lowest BCUT2D eigenvalue weighted by molar-refractivity contribution is 0.0187. The highest BCUT2D eigenvalue weighted by molar-refractivity contribution is 6.03. The molecule has 1 spiro atoms. The van der Waals surface area contributed by atoms with E-state index in [1.165, 1.54) is 0 Å². The van der Waals surface area contributed by atoms with Crippen LogP contribution in [0.5, 0.6) is 0 Å². The molecule has 1 saturated carbocycles. The second-order valence-corrected chi connectivity index (χ2v) is 10.3. The fourth-order valence-electron chi connectivity index (χ4n) is 4.96. The summed E-state index contributed by atoms with van der Waals surface area (Å²) in [4.78, 5) is 26.5. The fourth-order valence-corrected chi connectivity index (χ4v) is 4.96. The lowest BCUT2D eigenvalue weighted by Crippen LogP contribution is -2.43. The SMILES string of the molecule is COCc1ccc(-c2nn([C@H]3C[C@]4(CCN(C(=O)OC(C)(C)C)C4)C3)c(N)c2C(N)=O)cc1. The molecule has 2 fully saturated rings. The molecule has 0 radical (unpaired) electrons. The van der Waals surface area contributed by atoms with Crippen molar-refractivity contribution < 1.29 is 19.1 Å². The van der Waals surface area contributed by atoms with Crippen molar-refractivity contribution in [3.8, 4) is 11.3 Å². The average molecular weight is 456 g/mol. The van der Waals surface area contributed by atoms with Gasteiger partial charge in [-0.05, 0) is 51.0 Å². The Morgan fingerprint density at radius 1 is 1.21 bits per heavy atom. The van der Waals surface area contributed by atoms with Gasteiger partial charge in [-0.15, -0.1) is 0 Å². The Morgan fingerprint density at radius 2 is 1.88 bits per heavy atom. The van der Waals surface area contributed by atoms with Gasteiger partial charge in [-0.25, -0.2) is 9.48 Å². The van der Waals surface area contributed by atoms with Crippen LogP contribution in [0.1, 0.15) is 62.0 Å². The molecule has 4 N–H and O–H groups in total. The van der Waals surface area contributed by atoms with Crippen LogP contribution in [0.2, 0.25) is 0 Å². The van der Waals surface area contributed by atoms with Crippen molar-refractivity contribution >= 4 is 17.8 Å². The summed E-state index contributed by atoms with van der Waals surface area (Å²) in [6.07, 6.45) is 2.32. The molecule has 1 aliphatic heterocycles. The van der Waals surface area contributed by atoms with E-state index in [-0.39, 0.29) is 23.1 Å². The summed E-state index contributed by atoms with van der Waals surface area (Å²) < 4.78 is 12.4. The Hall–Kier alpha value is -3.07. The third-order valence-electron chi connectivity index (χ3n) is 6.51. The lowest BCUT2D eigenvalue weighted by atomic mass is 9.65. The summed E-state index contributed by atoms with van der Waals surface area (Å²) in [5.41, 5.74) is 14.1. The Labute approximate surface area is 194 Å². The van der Waals surface area contributed by atoms with Gasteiger partial charge in [-0.2, -0.15) is 5.10 Å². The fraction of sp³-hybridized carbons (Fsp3) is 0.542. The quantitative estimate of drug-likeness (QED) is 0.712. The van der Waals surface area contributed by atoms with Gasteiger partial charge in [0.1, 0.15) is 22.7 Å². The maximum atomic E-state index is 12.4. The van der Waals surface area contributed by atoms with Gasteiger partial charge in [0.2, 0.25) is 0 Å². The van der Waals surface area contributed by atoms with Crippen LogP contribution in [0.15, 0.2) is 24.3 Å². The van der Waals surface area contributed by atoms with E-state index in [1.807, 2.05) is 45.0 Å². The van der Waals surface area contributed by atoms with E-state index < -0.39 is 11.5 Å². The molecule has 1 aromatic carbocycles. The van der Waals surface area contributed by atoms with Gasteiger partial charge in [0.15, 0.2) is 0 Å². The van der Waals surface area contributed by atoms with Crippen molar-refractivity contribution in [1.82, 2.24) is 14.7 Å². The van der Waals surface area contributed by atoms with Crippen molar-refractivity contribution in [2.45, 2.75) is 58.3 Å². The number of carbonyl (C=O) groups excluding carboxylic acids is 2. The maximum absolute atomic E-state index is 12.4. The Balaban J connectivity index is 1.50. The molecule has 1 saturated heterocycles. The smallest absolute Gasteiger partial charge is 0.410 e. The van der Waals surface area contributed by atoms with E-state index in [0.29, 0.717) is 31.2 Å². The Bertz CT molecular complexity index is 1050. The highest BCUT2D eigenvalue weighted by Gasteiger charge is 2.51. The van der Waals surface area contributed by atoms with Crippen LogP contribution in [-0.2, 0) is 16.1 Å². The number of rotatable bonds is 5. The number of carbonyl (C=O) groups is 2. The van der Waals surface area contributed by atoms with Crippen molar-refractivity contribution in [2.75, 3.05) is 25.9 Å². The molecule has 0 atom stereocenters. The van der Waals surface area contributed by atoms with Gasteiger partial charge < -0.3 is 25.8 Å². The number of nitrogen functional groups attached to an aromatic ring is 1. The number of nitrogens with two attached hydrogens (primary N) is 2. The molecule has 178 valence electrons. The van der Waals surface area contributed by atoms with Gasteiger partial charge in [0.05, 0.1) is 12.6 Å². The summed E-state index contributed by atoms with van der Waals surface area (Å²) in [6.45, 7) is 7.46. The van der Waals surface area contributed by atoms with Crippen molar-refractivity contribution in [1.29, 1.82) is 0 Å². The molecule has 0 bridgehead atoms. The topological polar surface area (TPSA) is 126 Å². The molecule has 1 aromatic heterocycles. The van der Waals surface area contributed by atoms with Gasteiger partial charge in [0, 0.05) is 25.8 Å². The monoisotopic (exact) mass is 455 g/mol. The molecule has 0 unspecified atom stereocenters. The molecule has 4 rings (SSSR count). The molecular weight excluding hydrogens is 422 g/mol. The van der Waals surface area contributed by atoms with E-state index in [9.17, 15) is 9.59 Å². The van der Waals surface area contributed by atoms with E-state index in [0.717, 1.165) is 30.4 Å². The van der Waals surface area contributed by atoms with Crippen LogP contribution >= 0.6 is 0 Å². The minimum Gasteiger partial charge on any atom is -0.444 e. The summed E-state index contributed by atoms with van der Waals surface area (Å²) in [6, 6.07) is 7.71. The molecule has 2 aliphatic rings. The molecule has 9 heteroatoms. The van der Waals surface area contributed by atoms with E-state index in [2.05, 4.69) is 0 Å². The molecule has 33 heavy (non-hydrogen) atoms. The summed E-state index contributed by atoms with van der Waals surface area (Å²) in [7, 11) is 1.64. The number of primary amides is 1. The second kappa shape index (κ2) is 8.37. The van der Waals surface area contributed by atoms with Crippen LogP contribution in [0.25, 0.3) is 11.3 Å². The number of anilines is 1. The van der Waals surface area contributed by atoms with Gasteiger partial charge >= 0.3 is 6.09 Å². The first-order valence-corrected chi connectivity index (χ1v) is 11.3. The summed E-state index contributed by atoms with van der Waals surface area (Å²) in [5.74, 6) is -0.305. The molecular formula is C24H33N5O4. The standard InChI is InChI=1S/C24H33N5O4/c1-23(2,3)33-22(31)28-10-9-24(14-28)11-17(12-24)29-20(25)18(21(26)30)19(27-29)16-7-5-15(6-8-16)13-32-4/h5-8,17H,9-14,25H2,1-4H3,(H2,26,30)/t17-,24+. The first-order chi connectivity index (χ1) is 15.5. The Kier molecular flexibility index (Phi) is 5.86. The van der Waals surface area contributed by atoms with Gasteiger partial charge in [-0.1, -0.05) is 24.3 Å². The van der Waals surface area contributed by atoms with Crippen LogP contribution < -0.4 is 11.5 Å². The number of benzene rings is 1. The zero-order valence-electron chi connectivity index (χ0n) is 19.8. The number of methoxy groups -OCH3 is 1. The van der Waals surface area contributed by atoms with Crippen LogP contribution in [0.4, 0.5) is 10.6 Å². The molecule has 2 aromatic rings. The lowest BCUT2D eigenvalue weighted by Gasteiger charge is -2.45. The summed E-state index contributed by atoms with van der Waals surface area (Å²) >= 11 is 0. The second-order valence-electron chi connectivity index (χ2n) is 10.3. The molecule has 2 amide bonds. The van der Waals surface area contributed by atoms with Gasteiger partial charge in [0.25, 0.3) is 5.91 Å². The van der Waals surface area contributed by atoms with Crippen LogP contribution in [0, 0.1) is 5.41 Å². The minimum absolute atomic E-state index is 0.0365. The van der Waals surface area contributed by atoms with Crippen LogP contribution in [-0.4, -0.2) is 52.5 Å². The van der Waals surface area contributed by atoms with Crippen LogP contribution in [0.3, 0.4) is 0 Å². The Morgan fingerprint density at radius 3 is 2.45 bits per heavy atom. The van der Waals surface area contributed by atoms with Crippen molar-refractivity contribution in [2.24, 2.45) is 11.1 Å².